The van der Waals surface area contributed by atoms with E-state index in [9.17, 15) is 14.7 Å². The zero-order chi connectivity index (χ0) is 21.8. The monoisotopic (exact) mass is 540 g/mol. The number of anilines is 1. The van der Waals surface area contributed by atoms with Gasteiger partial charge in [0.2, 0.25) is 0 Å². The van der Waals surface area contributed by atoms with E-state index in [1.54, 1.807) is 0 Å². The minimum atomic E-state index is -1.05. The molecule has 0 radical (unpaired) electrons. The van der Waals surface area contributed by atoms with Crippen molar-refractivity contribution in [1.82, 2.24) is 14.7 Å². The van der Waals surface area contributed by atoms with Crippen molar-refractivity contribution in [3.05, 3.63) is 44.6 Å². The molecule has 1 atom stereocenters. The highest BCUT2D eigenvalue weighted by atomic mass is 79.9. The summed E-state index contributed by atoms with van der Waals surface area (Å²) in [6.07, 6.45) is 7.64. The molecule has 9 heteroatoms. The van der Waals surface area contributed by atoms with Crippen LogP contribution in [-0.2, 0) is 11.3 Å². The first-order valence-corrected chi connectivity index (χ1v) is 11.6. The van der Waals surface area contributed by atoms with Crippen molar-refractivity contribution >= 4 is 49.4 Å². The lowest BCUT2D eigenvalue weighted by atomic mass is 9.94. The number of carbonyl (C=O) groups excluding carboxylic acids is 1. The quantitative estimate of drug-likeness (QED) is 0.511. The van der Waals surface area contributed by atoms with Gasteiger partial charge in [-0.05, 0) is 66.5 Å². The fourth-order valence-electron chi connectivity index (χ4n) is 3.90. The lowest BCUT2D eigenvalue weighted by molar-refractivity contribution is -0.140. The summed E-state index contributed by atoms with van der Waals surface area (Å²) in [4.78, 5) is 26.7. The third-order valence-corrected chi connectivity index (χ3v) is 6.70. The Kier molecular flexibility index (Phi) is 7.70. The van der Waals surface area contributed by atoms with Crippen LogP contribution in [0, 0.1) is 0 Å². The smallest absolute Gasteiger partial charge is 0.328 e. The van der Waals surface area contributed by atoms with Gasteiger partial charge in [0.1, 0.15) is 11.7 Å². The van der Waals surface area contributed by atoms with E-state index in [-0.39, 0.29) is 5.69 Å². The number of carboxylic acids is 1. The van der Waals surface area contributed by atoms with Crippen LogP contribution in [0.4, 0.5) is 5.69 Å². The largest absolute Gasteiger partial charge is 0.480 e. The minimum absolute atomic E-state index is 0.200. The third kappa shape index (κ3) is 5.31. The van der Waals surface area contributed by atoms with E-state index in [0.29, 0.717) is 18.3 Å². The van der Waals surface area contributed by atoms with Gasteiger partial charge < -0.3 is 10.4 Å². The minimum Gasteiger partial charge on any atom is -0.480 e. The van der Waals surface area contributed by atoms with E-state index >= 15 is 0 Å². The van der Waals surface area contributed by atoms with Crippen molar-refractivity contribution in [1.29, 1.82) is 0 Å². The lowest BCUT2D eigenvalue weighted by Crippen LogP contribution is -2.33. The summed E-state index contributed by atoms with van der Waals surface area (Å²) in [6.45, 7) is 2.19. The standard InChI is InChI=1S/C21H26Br2N4O3/c1-13(21(29)30)27-18(8-9-24-27)20(28)25-19-14(10-15(22)11-17(19)23)12-26(2)16-6-4-3-5-7-16/h8-11,13,16H,3-7,12H2,1-2H3,(H,25,28)(H,29,30). The molecule has 162 valence electrons. The van der Waals surface area contributed by atoms with Crippen LogP contribution in [0.15, 0.2) is 33.3 Å². The topological polar surface area (TPSA) is 87.5 Å². The number of nitrogens with one attached hydrogen (secondary N) is 1. The molecule has 7 nitrogen and oxygen atoms in total. The van der Waals surface area contributed by atoms with Gasteiger partial charge in [-0.2, -0.15) is 5.10 Å². The number of amides is 1. The Bertz CT molecular complexity index is 925. The van der Waals surface area contributed by atoms with Crippen LogP contribution in [0.25, 0.3) is 0 Å². The summed E-state index contributed by atoms with van der Waals surface area (Å²) >= 11 is 7.11. The van der Waals surface area contributed by atoms with Gasteiger partial charge in [0, 0.05) is 27.7 Å². The number of hydrogen-bond acceptors (Lipinski definition) is 4. The first-order valence-electron chi connectivity index (χ1n) is 10.0. The van der Waals surface area contributed by atoms with E-state index in [1.807, 2.05) is 12.1 Å². The molecule has 2 N–H and O–H groups in total. The summed E-state index contributed by atoms with van der Waals surface area (Å²) in [7, 11) is 2.13. The third-order valence-electron chi connectivity index (χ3n) is 5.62. The fraction of sp³-hybridized carbons (Fsp3) is 0.476. The van der Waals surface area contributed by atoms with Crippen LogP contribution in [0.1, 0.15) is 61.1 Å². The normalized spacial score (nSPS) is 15.9. The molecule has 1 unspecified atom stereocenters. The first-order chi connectivity index (χ1) is 14.3. The zero-order valence-electron chi connectivity index (χ0n) is 17.1. The number of halogens is 2. The molecular weight excluding hydrogens is 516 g/mol. The highest BCUT2D eigenvalue weighted by Crippen LogP contribution is 2.33. The maximum atomic E-state index is 13.0. The maximum absolute atomic E-state index is 13.0. The summed E-state index contributed by atoms with van der Waals surface area (Å²) in [5.41, 5.74) is 1.86. The lowest BCUT2D eigenvalue weighted by Gasteiger charge is -2.32. The molecule has 0 aliphatic heterocycles. The molecule has 1 aromatic heterocycles. The van der Waals surface area contributed by atoms with Crippen LogP contribution in [0.3, 0.4) is 0 Å². The van der Waals surface area contributed by atoms with Crippen molar-refractivity contribution in [2.45, 2.75) is 57.7 Å². The summed E-state index contributed by atoms with van der Waals surface area (Å²) in [6, 6.07) is 5.02. The molecule has 1 saturated carbocycles. The highest BCUT2D eigenvalue weighted by molar-refractivity contribution is 9.11. The van der Waals surface area contributed by atoms with Crippen LogP contribution >= 0.6 is 31.9 Å². The second-order valence-electron chi connectivity index (χ2n) is 7.76. The van der Waals surface area contributed by atoms with Crippen LogP contribution in [0.2, 0.25) is 0 Å². The van der Waals surface area contributed by atoms with Crippen LogP contribution in [0.5, 0.6) is 0 Å². The Morgan fingerprint density at radius 2 is 2.00 bits per heavy atom. The average Bonchev–Trinajstić information content (AvgIpc) is 3.20. The second-order valence-corrected chi connectivity index (χ2v) is 9.53. The first kappa shape index (κ1) is 23.0. The highest BCUT2D eigenvalue weighted by Gasteiger charge is 2.24. The predicted molar refractivity (Wildman–Crippen MR) is 123 cm³/mol. The number of hydrogen-bond donors (Lipinski definition) is 2. The van der Waals surface area contributed by atoms with E-state index in [2.05, 4.69) is 54.2 Å². The van der Waals surface area contributed by atoms with Gasteiger partial charge in [0.15, 0.2) is 0 Å². The molecule has 0 spiro atoms. The molecule has 1 fully saturated rings. The van der Waals surface area contributed by atoms with Gasteiger partial charge in [-0.25, -0.2) is 9.48 Å². The van der Waals surface area contributed by atoms with Gasteiger partial charge in [0.05, 0.1) is 5.69 Å². The van der Waals surface area contributed by atoms with Crippen molar-refractivity contribution in [2.24, 2.45) is 0 Å². The molecule has 1 aliphatic carbocycles. The van der Waals surface area contributed by atoms with Gasteiger partial charge in [0.25, 0.3) is 5.91 Å². The number of benzene rings is 1. The van der Waals surface area contributed by atoms with E-state index in [4.69, 9.17) is 0 Å². The predicted octanol–water partition coefficient (Wildman–Crippen LogP) is 5.07. The van der Waals surface area contributed by atoms with Crippen molar-refractivity contribution in [3.63, 3.8) is 0 Å². The van der Waals surface area contributed by atoms with Gasteiger partial charge in [-0.1, -0.05) is 35.2 Å². The molecular formula is C21H26Br2N4O3. The van der Waals surface area contributed by atoms with E-state index < -0.39 is 17.9 Å². The zero-order valence-corrected chi connectivity index (χ0v) is 20.2. The van der Waals surface area contributed by atoms with Crippen molar-refractivity contribution in [2.75, 3.05) is 12.4 Å². The SMILES string of the molecule is CC(C(=O)O)n1nccc1C(=O)Nc1c(Br)cc(Br)cc1CN(C)C1CCCCC1. The number of nitrogens with zero attached hydrogens (tertiary/aromatic N) is 3. The molecule has 2 aromatic rings. The van der Waals surface area contributed by atoms with Crippen molar-refractivity contribution < 1.29 is 14.7 Å². The van der Waals surface area contributed by atoms with Crippen molar-refractivity contribution in [3.8, 4) is 0 Å². The number of carbonyl (C=O) groups is 2. The number of rotatable bonds is 7. The molecule has 0 saturated heterocycles. The molecule has 3 rings (SSSR count). The Morgan fingerprint density at radius 3 is 2.67 bits per heavy atom. The summed E-state index contributed by atoms with van der Waals surface area (Å²) in [5.74, 6) is -1.45. The van der Waals surface area contributed by atoms with E-state index in [1.165, 1.54) is 56.0 Å². The Morgan fingerprint density at radius 1 is 1.30 bits per heavy atom. The Labute approximate surface area is 193 Å². The Hall–Kier alpha value is -1.71. The average molecular weight is 542 g/mol. The molecule has 0 bridgehead atoms. The summed E-state index contributed by atoms with van der Waals surface area (Å²) in [5, 5.41) is 16.3. The van der Waals surface area contributed by atoms with Crippen LogP contribution < -0.4 is 5.32 Å². The van der Waals surface area contributed by atoms with Gasteiger partial charge in [-0.15, -0.1) is 0 Å². The molecule has 1 amide bonds. The number of carboxylic acid groups (broad SMARTS) is 1. The van der Waals surface area contributed by atoms with Gasteiger partial charge in [-0.3, -0.25) is 9.69 Å². The fourth-order valence-corrected chi connectivity index (χ4v) is 5.31. The summed E-state index contributed by atoms with van der Waals surface area (Å²) < 4.78 is 2.90. The van der Waals surface area contributed by atoms with Gasteiger partial charge >= 0.3 is 5.97 Å². The second kappa shape index (κ2) is 10.1. The molecule has 1 aliphatic rings. The molecule has 30 heavy (non-hydrogen) atoms. The Balaban J connectivity index is 1.85. The number of aliphatic carboxylic acids is 1. The van der Waals surface area contributed by atoms with Crippen LogP contribution in [-0.4, -0.2) is 44.8 Å². The van der Waals surface area contributed by atoms with E-state index in [0.717, 1.165) is 14.5 Å². The molecule has 1 heterocycles. The number of aromatic nitrogens is 2. The molecule has 1 aromatic carbocycles. The maximum Gasteiger partial charge on any atom is 0.328 e.